The standard InChI is InChI=1S/C24H34N4O2.HI/c1-6-29-22-12-20-11-17(2)30-23(20)13-21(22)15-27-24(25-3)26-14-18-7-9-19(10-8-18)16-28(4)5;/h7-10,12-13,17H,6,11,14-16H2,1-5H3,(H2,25,26,27);1H. The predicted octanol–water partition coefficient (Wildman–Crippen LogP) is 3.95. The van der Waals surface area contributed by atoms with Gasteiger partial charge in [-0.15, -0.1) is 24.0 Å². The van der Waals surface area contributed by atoms with Crippen LogP contribution in [-0.2, 0) is 26.1 Å². The molecule has 1 aliphatic heterocycles. The molecule has 2 aromatic carbocycles. The molecule has 0 radical (unpaired) electrons. The van der Waals surface area contributed by atoms with Crippen LogP contribution in [0.5, 0.6) is 11.5 Å². The molecule has 0 amide bonds. The minimum Gasteiger partial charge on any atom is -0.494 e. The van der Waals surface area contributed by atoms with E-state index in [1.165, 1.54) is 16.7 Å². The number of nitrogens with one attached hydrogen (secondary N) is 2. The van der Waals surface area contributed by atoms with E-state index in [1.54, 1.807) is 7.05 Å². The topological polar surface area (TPSA) is 58.1 Å². The quantitative estimate of drug-likeness (QED) is 0.303. The molecule has 2 N–H and O–H groups in total. The zero-order chi connectivity index (χ0) is 21.5. The zero-order valence-corrected chi connectivity index (χ0v) is 21.5. The molecule has 31 heavy (non-hydrogen) atoms. The molecule has 0 saturated carbocycles. The summed E-state index contributed by atoms with van der Waals surface area (Å²) >= 11 is 0. The van der Waals surface area contributed by atoms with Crippen molar-refractivity contribution in [1.29, 1.82) is 0 Å². The van der Waals surface area contributed by atoms with Gasteiger partial charge < -0.3 is 25.0 Å². The second-order valence-electron chi connectivity index (χ2n) is 7.97. The molecule has 0 saturated heterocycles. The second-order valence-corrected chi connectivity index (χ2v) is 7.97. The number of nitrogens with zero attached hydrogens (tertiary/aromatic N) is 2. The van der Waals surface area contributed by atoms with E-state index in [2.05, 4.69) is 77.9 Å². The van der Waals surface area contributed by atoms with Gasteiger partial charge in [0.1, 0.15) is 17.6 Å². The highest BCUT2D eigenvalue weighted by Gasteiger charge is 2.21. The van der Waals surface area contributed by atoms with Gasteiger partial charge in [0, 0.05) is 44.2 Å². The summed E-state index contributed by atoms with van der Waals surface area (Å²) in [5.74, 6) is 2.63. The van der Waals surface area contributed by atoms with Gasteiger partial charge in [-0.25, -0.2) is 0 Å². The third kappa shape index (κ3) is 7.28. The van der Waals surface area contributed by atoms with Gasteiger partial charge in [0.2, 0.25) is 0 Å². The molecule has 7 heteroatoms. The maximum absolute atomic E-state index is 5.92. The number of hydrogen-bond donors (Lipinski definition) is 2. The molecule has 3 rings (SSSR count). The van der Waals surface area contributed by atoms with Crippen LogP contribution < -0.4 is 20.1 Å². The molecule has 0 bridgehead atoms. The van der Waals surface area contributed by atoms with Gasteiger partial charge in [-0.1, -0.05) is 24.3 Å². The summed E-state index contributed by atoms with van der Waals surface area (Å²) in [7, 11) is 5.94. The van der Waals surface area contributed by atoms with E-state index in [0.717, 1.165) is 36.0 Å². The Balaban J connectivity index is 0.00000341. The molecule has 170 valence electrons. The summed E-state index contributed by atoms with van der Waals surface area (Å²) in [4.78, 5) is 6.52. The maximum atomic E-state index is 5.92. The molecule has 0 spiro atoms. The first-order chi connectivity index (χ1) is 14.5. The average molecular weight is 538 g/mol. The van der Waals surface area contributed by atoms with Gasteiger partial charge in [0.25, 0.3) is 0 Å². The van der Waals surface area contributed by atoms with E-state index < -0.39 is 0 Å². The number of ether oxygens (including phenoxy) is 2. The first kappa shape index (κ1) is 25.3. The predicted molar refractivity (Wildman–Crippen MR) is 138 cm³/mol. The van der Waals surface area contributed by atoms with Crippen molar-refractivity contribution in [3.8, 4) is 11.5 Å². The number of fused-ring (bicyclic) bond motifs is 1. The van der Waals surface area contributed by atoms with Crippen LogP contribution in [0.25, 0.3) is 0 Å². The van der Waals surface area contributed by atoms with Gasteiger partial charge in [-0.2, -0.15) is 0 Å². The summed E-state index contributed by atoms with van der Waals surface area (Å²) < 4.78 is 11.8. The van der Waals surface area contributed by atoms with E-state index in [9.17, 15) is 0 Å². The molecule has 0 fully saturated rings. The Kier molecular flexibility index (Phi) is 9.90. The average Bonchev–Trinajstić information content (AvgIpc) is 3.08. The van der Waals surface area contributed by atoms with E-state index in [4.69, 9.17) is 9.47 Å². The van der Waals surface area contributed by atoms with Crippen LogP contribution in [0.15, 0.2) is 41.4 Å². The van der Waals surface area contributed by atoms with E-state index in [0.29, 0.717) is 19.7 Å². The molecule has 6 nitrogen and oxygen atoms in total. The van der Waals surface area contributed by atoms with Crippen LogP contribution in [0.2, 0.25) is 0 Å². The highest BCUT2D eigenvalue weighted by atomic mass is 127. The summed E-state index contributed by atoms with van der Waals surface area (Å²) in [6.45, 7) is 7.01. The molecule has 2 aromatic rings. The lowest BCUT2D eigenvalue weighted by molar-refractivity contribution is 0.254. The number of aliphatic imine (C=N–C) groups is 1. The fraction of sp³-hybridized carbons (Fsp3) is 0.458. The number of hydrogen-bond acceptors (Lipinski definition) is 4. The fourth-order valence-electron chi connectivity index (χ4n) is 3.62. The molecule has 0 aliphatic carbocycles. The molecule has 1 heterocycles. The Labute approximate surface area is 203 Å². The van der Waals surface area contributed by atoms with Crippen LogP contribution >= 0.6 is 24.0 Å². The second kappa shape index (κ2) is 12.1. The highest BCUT2D eigenvalue weighted by Crippen LogP contribution is 2.35. The third-order valence-corrected chi connectivity index (χ3v) is 5.03. The largest absolute Gasteiger partial charge is 0.494 e. The Morgan fingerprint density at radius 1 is 1.13 bits per heavy atom. The first-order valence-corrected chi connectivity index (χ1v) is 10.6. The highest BCUT2D eigenvalue weighted by molar-refractivity contribution is 14.0. The fourth-order valence-corrected chi connectivity index (χ4v) is 3.62. The minimum absolute atomic E-state index is 0. The smallest absolute Gasteiger partial charge is 0.191 e. The Bertz CT molecular complexity index is 869. The van der Waals surface area contributed by atoms with Gasteiger partial charge >= 0.3 is 0 Å². The van der Waals surface area contributed by atoms with Crippen LogP contribution in [-0.4, -0.2) is 44.7 Å². The monoisotopic (exact) mass is 538 g/mol. The van der Waals surface area contributed by atoms with Crippen LogP contribution in [0, 0.1) is 0 Å². The van der Waals surface area contributed by atoms with Crippen molar-refractivity contribution in [2.24, 2.45) is 4.99 Å². The van der Waals surface area contributed by atoms with Gasteiger partial charge in [0.05, 0.1) is 6.61 Å². The zero-order valence-electron chi connectivity index (χ0n) is 19.2. The first-order valence-electron chi connectivity index (χ1n) is 10.6. The van der Waals surface area contributed by atoms with Gasteiger partial charge in [-0.05, 0) is 51.2 Å². The Morgan fingerprint density at radius 2 is 1.81 bits per heavy atom. The summed E-state index contributed by atoms with van der Waals surface area (Å²) in [5, 5.41) is 6.77. The number of benzene rings is 2. The lowest BCUT2D eigenvalue weighted by atomic mass is 10.1. The van der Waals surface area contributed by atoms with E-state index in [-0.39, 0.29) is 30.1 Å². The third-order valence-electron chi connectivity index (χ3n) is 5.03. The Hall–Kier alpha value is -2.00. The molecule has 0 aromatic heterocycles. The summed E-state index contributed by atoms with van der Waals surface area (Å²) in [5.41, 5.74) is 4.81. The van der Waals surface area contributed by atoms with Crippen LogP contribution in [0.1, 0.15) is 36.1 Å². The Morgan fingerprint density at radius 3 is 2.45 bits per heavy atom. The van der Waals surface area contributed by atoms with Gasteiger partial charge in [0.15, 0.2) is 5.96 Å². The summed E-state index contributed by atoms with van der Waals surface area (Å²) in [6, 6.07) is 12.9. The van der Waals surface area contributed by atoms with Crippen molar-refractivity contribution in [2.75, 3.05) is 27.7 Å². The van der Waals surface area contributed by atoms with E-state index >= 15 is 0 Å². The van der Waals surface area contributed by atoms with Crippen molar-refractivity contribution >= 4 is 29.9 Å². The molecular formula is C24H35IN4O2. The molecule has 1 unspecified atom stereocenters. The number of rotatable bonds is 8. The minimum atomic E-state index is 0. The van der Waals surface area contributed by atoms with Crippen molar-refractivity contribution in [3.05, 3.63) is 58.7 Å². The van der Waals surface area contributed by atoms with Crippen molar-refractivity contribution in [2.45, 2.75) is 46.0 Å². The maximum Gasteiger partial charge on any atom is 0.191 e. The number of guanidine groups is 1. The van der Waals surface area contributed by atoms with E-state index in [1.807, 2.05) is 6.92 Å². The lowest BCUT2D eigenvalue weighted by Gasteiger charge is -2.16. The van der Waals surface area contributed by atoms with Crippen molar-refractivity contribution < 1.29 is 9.47 Å². The molecule has 1 atom stereocenters. The van der Waals surface area contributed by atoms with Crippen LogP contribution in [0.4, 0.5) is 0 Å². The molecular weight excluding hydrogens is 503 g/mol. The summed E-state index contributed by atoms with van der Waals surface area (Å²) in [6.07, 6.45) is 1.15. The van der Waals surface area contributed by atoms with Crippen LogP contribution in [0.3, 0.4) is 0 Å². The lowest BCUT2D eigenvalue weighted by Crippen LogP contribution is -2.36. The normalized spacial score (nSPS) is 15.2. The number of halogens is 1. The molecule has 1 aliphatic rings. The van der Waals surface area contributed by atoms with Crippen molar-refractivity contribution in [3.63, 3.8) is 0 Å². The van der Waals surface area contributed by atoms with Crippen molar-refractivity contribution in [1.82, 2.24) is 15.5 Å². The van der Waals surface area contributed by atoms with Gasteiger partial charge in [-0.3, -0.25) is 4.99 Å². The SMILES string of the molecule is CCOc1cc2c(cc1CNC(=NC)NCc1ccc(CN(C)C)cc1)OC(C)C2.I.